The molecular weight excluding hydrogens is 480 g/mol. The van der Waals surface area contributed by atoms with Crippen molar-refractivity contribution in [2.45, 2.75) is 130 Å². The van der Waals surface area contributed by atoms with Crippen molar-refractivity contribution in [2.24, 2.45) is 46.3 Å². The maximum Gasteiger partial charge on any atom is 0.303 e. The van der Waals surface area contributed by atoms with Crippen LogP contribution in [0.25, 0.3) is 0 Å². The van der Waals surface area contributed by atoms with Crippen molar-refractivity contribution in [3.8, 4) is 0 Å². The van der Waals surface area contributed by atoms with Crippen molar-refractivity contribution in [3.05, 3.63) is 11.6 Å². The van der Waals surface area contributed by atoms with E-state index in [1.165, 1.54) is 70.6 Å². The van der Waals surface area contributed by atoms with Gasteiger partial charge < -0.3 is 5.11 Å². The smallest absolute Gasteiger partial charge is 0.303 e. The molecule has 0 spiro atoms. The molecule has 0 aliphatic heterocycles. The molecule has 3 fully saturated rings. The second kappa shape index (κ2) is 12.4. The van der Waals surface area contributed by atoms with E-state index < -0.39 is 5.97 Å². The summed E-state index contributed by atoms with van der Waals surface area (Å²) in [5.41, 5.74) is 2.85. The minimum atomic E-state index is -0.658. The van der Waals surface area contributed by atoms with E-state index in [0.29, 0.717) is 17.3 Å². The van der Waals surface area contributed by atoms with E-state index in [1.807, 2.05) is 10.8 Å². The van der Waals surface area contributed by atoms with E-state index in [1.54, 1.807) is 5.57 Å². The van der Waals surface area contributed by atoms with Crippen LogP contribution in [-0.4, -0.2) is 22.1 Å². The highest BCUT2D eigenvalue weighted by molar-refractivity contribution is 8.76. The predicted octanol–water partition coefficient (Wildman–Crippen LogP) is 10.0. The summed E-state index contributed by atoms with van der Waals surface area (Å²) in [4.78, 5) is 10.7. The lowest BCUT2D eigenvalue weighted by atomic mass is 9.47. The van der Waals surface area contributed by atoms with Gasteiger partial charge in [-0.3, -0.25) is 4.79 Å². The summed E-state index contributed by atoms with van der Waals surface area (Å²) in [5.74, 6) is 5.93. The van der Waals surface area contributed by atoms with Gasteiger partial charge in [-0.25, -0.2) is 0 Å². The van der Waals surface area contributed by atoms with E-state index in [2.05, 4.69) is 51.5 Å². The normalized spacial score (nSPS) is 38.7. The van der Waals surface area contributed by atoms with E-state index >= 15 is 0 Å². The Bertz CT molecular complexity index is 778. The van der Waals surface area contributed by atoms with Crippen molar-refractivity contribution < 1.29 is 9.90 Å². The maximum absolute atomic E-state index is 10.7. The Labute approximate surface area is 230 Å². The van der Waals surface area contributed by atoms with Crippen LogP contribution in [0.3, 0.4) is 0 Å². The first-order chi connectivity index (χ1) is 17.1. The molecule has 4 rings (SSSR count). The highest BCUT2D eigenvalue weighted by atomic mass is 33.1. The Balaban J connectivity index is 1.33. The molecule has 0 aromatic heterocycles. The average Bonchev–Trinajstić information content (AvgIpc) is 3.18. The van der Waals surface area contributed by atoms with Gasteiger partial charge in [0.1, 0.15) is 0 Å². The maximum atomic E-state index is 10.7. The SMILES string of the molecule is CC(C)CCC[C@@H](C)[C@H]1CC[C@H]2[C@@H]3CC=C4C[C@@H](SSCCCCC(=O)O)CC[C@]4(C)[C@H]3CC[C@]12C. The van der Waals surface area contributed by atoms with Gasteiger partial charge in [0.25, 0.3) is 0 Å². The first-order valence-corrected chi connectivity index (χ1v) is 17.7. The highest BCUT2D eigenvalue weighted by Crippen LogP contribution is 2.67. The number of allylic oxidation sites excluding steroid dienone is 2. The number of carboxylic acid groups (broad SMARTS) is 1. The molecule has 1 N–H and O–H groups in total. The first kappa shape index (κ1) is 28.9. The van der Waals surface area contributed by atoms with Crippen LogP contribution in [0, 0.1) is 46.3 Å². The van der Waals surface area contributed by atoms with Gasteiger partial charge in [0.05, 0.1) is 0 Å². The highest BCUT2D eigenvalue weighted by Gasteiger charge is 2.59. The van der Waals surface area contributed by atoms with Crippen LogP contribution in [0.15, 0.2) is 11.6 Å². The molecule has 4 heteroatoms. The Hall–Kier alpha value is -0.0900. The number of aliphatic carboxylic acids is 1. The first-order valence-electron chi connectivity index (χ1n) is 15.3. The quantitative estimate of drug-likeness (QED) is 0.153. The molecule has 0 unspecified atom stereocenters. The summed E-state index contributed by atoms with van der Waals surface area (Å²) in [5, 5.41) is 9.57. The summed E-state index contributed by atoms with van der Waals surface area (Å²) >= 11 is 0. The van der Waals surface area contributed by atoms with Crippen LogP contribution in [0.5, 0.6) is 0 Å². The van der Waals surface area contributed by atoms with E-state index in [0.717, 1.165) is 59.4 Å². The van der Waals surface area contributed by atoms with Crippen molar-refractivity contribution in [1.82, 2.24) is 0 Å². The Morgan fingerprint density at radius 3 is 2.58 bits per heavy atom. The molecular formula is C32H54O2S2. The van der Waals surface area contributed by atoms with Gasteiger partial charge >= 0.3 is 5.97 Å². The zero-order valence-corrected chi connectivity index (χ0v) is 25.5. The van der Waals surface area contributed by atoms with Gasteiger partial charge in [-0.1, -0.05) is 87.1 Å². The zero-order chi connectivity index (χ0) is 25.9. The van der Waals surface area contributed by atoms with Crippen molar-refractivity contribution in [1.29, 1.82) is 0 Å². The van der Waals surface area contributed by atoms with Gasteiger partial charge in [0.2, 0.25) is 0 Å². The molecule has 0 bridgehead atoms. The third kappa shape index (κ3) is 6.21. The summed E-state index contributed by atoms with van der Waals surface area (Å²) in [7, 11) is 4.09. The lowest BCUT2D eigenvalue weighted by Gasteiger charge is -2.58. The molecule has 3 saturated carbocycles. The Kier molecular flexibility index (Phi) is 9.95. The summed E-state index contributed by atoms with van der Waals surface area (Å²) < 4.78 is 0. The molecule has 0 heterocycles. The molecule has 0 amide bonds. The monoisotopic (exact) mass is 534 g/mol. The molecule has 0 radical (unpaired) electrons. The molecule has 4 aliphatic carbocycles. The molecule has 36 heavy (non-hydrogen) atoms. The van der Waals surface area contributed by atoms with Gasteiger partial charge in [0.15, 0.2) is 0 Å². The van der Waals surface area contributed by atoms with Crippen LogP contribution < -0.4 is 0 Å². The molecule has 8 atom stereocenters. The minimum Gasteiger partial charge on any atom is -0.481 e. The lowest BCUT2D eigenvalue weighted by molar-refractivity contribution is -0.137. The fourth-order valence-corrected chi connectivity index (χ4v) is 12.1. The van der Waals surface area contributed by atoms with Crippen LogP contribution in [0.4, 0.5) is 0 Å². The summed E-state index contributed by atoms with van der Waals surface area (Å²) in [6, 6.07) is 0. The fourth-order valence-electron chi connectivity index (χ4n) is 9.32. The second-order valence-corrected chi connectivity index (χ2v) is 16.7. The van der Waals surface area contributed by atoms with Crippen LogP contribution in [0.1, 0.15) is 125 Å². The zero-order valence-electron chi connectivity index (χ0n) is 23.9. The minimum absolute atomic E-state index is 0.320. The second-order valence-electron chi connectivity index (χ2n) is 13.9. The number of carbonyl (C=O) groups is 1. The standard InChI is InChI=1S/C32H54O2S2/c1-22(2)9-8-10-23(3)27-14-15-28-26-13-12-24-21-25(36-35-20-7-6-11-30(33)34)16-18-31(24,4)29(26)17-19-32(27,28)5/h12,22-23,25-29H,6-11,13-21H2,1-5H3,(H,33,34)/t23-,25+,26+,27-,28+,29+,31+,32-/m1/s1. The third-order valence-electron chi connectivity index (χ3n) is 11.3. The van der Waals surface area contributed by atoms with Gasteiger partial charge in [0, 0.05) is 17.4 Å². The van der Waals surface area contributed by atoms with Crippen molar-refractivity contribution in [2.75, 3.05) is 5.75 Å². The summed E-state index contributed by atoms with van der Waals surface area (Å²) in [6.45, 7) is 12.7. The van der Waals surface area contributed by atoms with Crippen molar-refractivity contribution >= 4 is 27.6 Å². The molecule has 2 nitrogen and oxygen atoms in total. The topological polar surface area (TPSA) is 37.3 Å². The molecule has 0 aromatic carbocycles. The number of unbranched alkanes of at least 4 members (excludes halogenated alkanes) is 1. The van der Waals surface area contributed by atoms with E-state index in [4.69, 9.17) is 5.11 Å². The summed E-state index contributed by atoms with van der Waals surface area (Å²) in [6.07, 6.45) is 20.5. The number of rotatable bonds is 12. The van der Waals surface area contributed by atoms with Crippen LogP contribution >= 0.6 is 21.6 Å². The number of hydrogen-bond acceptors (Lipinski definition) is 3. The number of carboxylic acids is 1. The van der Waals surface area contributed by atoms with Gasteiger partial charge in [-0.05, 0) is 111 Å². The molecule has 0 aromatic rings. The van der Waals surface area contributed by atoms with Crippen LogP contribution in [-0.2, 0) is 4.79 Å². The van der Waals surface area contributed by atoms with Gasteiger partial charge in [-0.2, -0.15) is 0 Å². The van der Waals surface area contributed by atoms with E-state index in [-0.39, 0.29) is 0 Å². The van der Waals surface area contributed by atoms with Crippen LogP contribution in [0.2, 0.25) is 0 Å². The molecule has 206 valence electrons. The average molecular weight is 535 g/mol. The lowest BCUT2D eigenvalue weighted by Crippen LogP contribution is -2.50. The Morgan fingerprint density at radius 2 is 1.83 bits per heavy atom. The molecule has 0 saturated heterocycles. The van der Waals surface area contributed by atoms with E-state index in [9.17, 15) is 4.79 Å². The third-order valence-corrected chi connectivity index (χ3v) is 14.3. The predicted molar refractivity (Wildman–Crippen MR) is 158 cm³/mol. The van der Waals surface area contributed by atoms with Gasteiger partial charge in [-0.15, -0.1) is 0 Å². The molecule has 4 aliphatic rings. The number of fused-ring (bicyclic) bond motifs is 5. The van der Waals surface area contributed by atoms with Crippen molar-refractivity contribution in [3.63, 3.8) is 0 Å². The fraction of sp³-hybridized carbons (Fsp3) is 0.906. The number of hydrogen-bond donors (Lipinski definition) is 1. The largest absolute Gasteiger partial charge is 0.481 e. The Morgan fingerprint density at radius 1 is 1.03 bits per heavy atom.